The molecule has 1 atom stereocenters. The average molecular weight is 359 g/mol. The number of carbonyl (C=O) groups excluding carboxylic acids is 1. The summed E-state index contributed by atoms with van der Waals surface area (Å²) in [6.45, 7) is 0.805. The van der Waals surface area contributed by atoms with Crippen molar-refractivity contribution in [1.29, 1.82) is 0 Å². The van der Waals surface area contributed by atoms with Crippen LogP contribution >= 0.6 is 0 Å². The summed E-state index contributed by atoms with van der Waals surface area (Å²) < 4.78 is 27.6. The van der Waals surface area contributed by atoms with E-state index in [9.17, 15) is 18.7 Å². The van der Waals surface area contributed by atoms with E-state index in [1.165, 1.54) is 16.5 Å². The molecule has 1 amide bonds. The number of likely N-dealkylation sites (tertiary alicyclic amines) is 1. The second-order valence-electron chi connectivity index (χ2n) is 6.82. The molecule has 1 saturated heterocycles. The molecular weight excluding hydrogens is 336 g/mol. The van der Waals surface area contributed by atoms with Gasteiger partial charge < -0.3 is 10.0 Å². The van der Waals surface area contributed by atoms with Crippen LogP contribution in [0.1, 0.15) is 35.2 Å². The molecule has 2 aromatic carbocycles. The van der Waals surface area contributed by atoms with Crippen LogP contribution < -0.4 is 0 Å². The summed E-state index contributed by atoms with van der Waals surface area (Å²) in [6, 6.07) is 13.4. The van der Waals surface area contributed by atoms with Gasteiger partial charge in [-0.1, -0.05) is 36.4 Å². The predicted molar refractivity (Wildman–Crippen MR) is 95.8 cm³/mol. The highest BCUT2D eigenvalue weighted by atomic mass is 19.1. The second-order valence-corrected chi connectivity index (χ2v) is 6.82. The van der Waals surface area contributed by atoms with Crippen molar-refractivity contribution in [2.75, 3.05) is 13.1 Å². The standard InChI is InChI=1S/C21H23F2NO2/c22-17-7-4-8-18(23)20(17)21(26)24-13-11-16(12-14-24)19(25)10-9-15-5-2-1-3-6-15/h1-8,16,19,25H,9-14H2/t19-/m0/s1. The molecular formula is C21H23F2NO2. The summed E-state index contributed by atoms with van der Waals surface area (Å²) in [5.41, 5.74) is 0.699. The van der Waals surface area contributed by atoms with Crippen molar-refractivity contribution in [3.8, 4) is 0 Å². The molecule has 1 heterocycles. The van der Waals surface area contributed by atoms with Crippen molar-refractivity contribution in [3.05, 3.63) is 71.3 Å². The molecule has 1 aliphatic rings. The summed E-state index contributed by atoms with van der Waals surface area (Å²) in [4.78, 5) is 13.9. The lowest BCUT2D eigenvalue weighted by Gasteiger charge is -2.34. The Balaban J connectivity index is 1.53. The molecule has 0 radical (unpaired) electrons. The number of benzene rings is 2. The molecule has 0 bridgehead atoms. The largest absolute Gasteiger partial charge is 0.393 e. The van der Waals surface area contributed by atoms with E-state index in [1.54, 1.807) is 0 Å². The Labute approximate surface area is 152 Å². The number of carbonyl (C=O) groups is 1. The van der Waals surface area contributed by atoms with Crippen LogP contribution in [0, 0.1) is 17.6 Å². The number of aryl methyl sites for hydroxylation is 1. The Morgan fingerprint density at radius 3 is 2.27 bits per heavy atom. The molecule has 1 fully saturated rings. The minimum atomic E-state index is -0.833. The van der Waals surface area contributed by atoms with Gasteiger partial charge in [-0.2, -0.15) is 0 Å². The number of halogens is 2. The zero-order valence-electron chi connectivity index (χ0n) is 14.6. The van der Waals surface area contributed by atoms with Gasteiger partial charge in [-0.15, -0.1) is 0 Å². The third-order valence-electron chi connectivity index (χ3n) is 5.12. The molecule has 0 aliphatic carbocycles. The molecule has 1 aliphatic heterocycles. The maximum atomic E-state index is 13.8. The van der Waals surface area contributed by atoms with Gasteiger partial charge in [0.25, 0.3) is 5.91 Å². The highest BCUT2D eigenvalue weighted by Gasteiger charge is 2.30. The fourth-order valence-corrected chi connectivity index (χ4v) is 3.54. The molecule has 138 valence electrons. The van der Waals surface area contributed by atoms with Crippen LogP contribution in [0.5, 0.6) is 0 Å². The molecule has 0 unspecified atom stereocenters. The van der Waals surface area contributed by atoms with E-state index in [1.807, 2.05) is 30.3 Å². The minimum Gasteiger partial charge on any atom is -0.393 e. The topological polar surface area (TPSA) is 40.5 Å². The van der Waals surface area contributed by atoms with Crippen LogP contribution in [-0.4, -0.2) is 35.1 Å². The van der Waals surface area contributed by atoms with Crippen LogP contribution in [0.25, 0.3) is 0 Å². The lowest BCUT2D eigenvalue weighted by Crippen LogP contribution is -2.42. The van der Waals surface area contributed by atoms with E-state index in [-0.39, 0.29) is 5.92 Å². The number of hydrogen-bond acceptors (Lipinski definition) is 2. The van der Waals surface area contributed by atoms with Gasteiger partial charge >= 0.3 is 0 Å². The van der Waals surface area contributed by atoms with E-state index in [0.717, 1.165) is 18.6 Å². The molecule has 3 nitrogen and oxygen atoms in total. The van der Waals surface area contributed by atoms with Gasteiger partial charge in [-0.05, 0) is 49.3 Å². The lowest BCUT2D eigenvalue weighted by molar-refractivity contribution is 0.0431. The molecule has 1 N–H and O–H groups in total. The summed E-state index contributed by atoms with van der Waals surface area (Å²) in [5.74, 6) is -2.17. The van der Waals surface area contributed by atoms with E-state index >= 15 is 0 Å². The normalized spacial score (nSPS) is 16.5. The summed E-state index contributed by atoms with van der Waals surface area (Å²) >= 11 is 0. The van der Waals surface area contributed by atoms with Crippen LogP contribution in [-0.2, 0) is 6.42 Å². The zero-order valence-corrected chi connectivity index (χ0v) is 14.6. The minimum absolute atomic E-state index is 0.105. The number of nitrogens with zero attached hydrogens (tertiary/aromatic N) is 1. The fourth-order valence-electron chi connectivity index (χ4n) is 3.54. The number of aliphatic hydroxyl groups is 1. The highest BCUT2D eigenvalue weighted by Crippen LogP contribution is 2.25. The van der Waals surface area contributed by atoms with Gasteiger partial charge in [-0.3, -0.25) is 4.79 Å². The first-order valence-corrected chi connectivity index (χ1v) is 9.01. The molecule has 2 aromatic rings. The summed E-state index contributed by atoms with van der Waals surface area (Å²) in [5, 5.41) is 10.4. The maximum Gasteiger partial charge on any atom is 0.259 e. The third-order valence-corrected chi connectivity index (χ3v) is 5.12. The molecule has 0 aromatic heterocycles. The number of amides is 1. The SMILES string of the molecule is O=C(c1c(F)cccc1F)N1CCC([C@@H](O)CCc2ccccc2)CC1. The van der Waals surface area contributed by atoms with Crippen LogP contribution in [0.15, 0.2) is 48.5 Å². The summed E-state index contributed by atoms with van der Waals surface area (Å²) in [6.07, 6.45) is 2.32. The smallest absolute Gasteiger partial charge is 0.259 e. The first-order chi connectivity index (χ1) is 12.6. The lowest BCUT2D eigenvalue weighted by atomic mass is 9.88. The first kappa shape index (κ1) is 18.5. The van der Waals surface area contributed by atoms with Crippen molar-refractivity contribution in [2.24, 2.45) is 5.92 Å². The molecule has 26 heavy (non-hydrogen) atoms. The maximum absolute atomic E-state index is 13.8. The molecule has 3 rings (SSSR count). The second kappa shape index (κ2) is 8.41. The van der Waals surface area contributed by atoms with Crippen LogP contribution in [0.2, 0.25) is 0 Å². The predicted octanol–water partition coefficient (Wildman–Crippen LogP) is 3.81. The van der Waals surface area contributed by atoms with Crippen molar-refractivity contribution in [3.63, 3.8) is 0 Å². The van der Waals surface area contributed by atoms with Gasteiger partial charge in [0.2, 0.25) is 0 Å². The zero-order chi connectivity index (χ0) is 18.5. The number of hydrogen-bond donors (Lipinski definition) is 1. The van der Waals surface area contributed by atoms with Crippen LogP contribution in [0.3, 0.4) is 0 Å². The number of rotatable bonds is 5. The molecule has 0 saturated carbocycles. The monoisotopic (exact) mass is 359 g/mol. The van der Waals surface area contributed by atoms with Gasteiger partial charge in [-0.25, -0.2) is 8.78 Å². The van der Waals surface area contributed by atoms with Crippen molar-refractivity contribution >= 4 is 5.91 Å². The Bertz CT molecular complexity index is 723. The Hall–Kier alpha value is -2.27. The van der Waals surface area contributed by atoms with Crippen molar-refractivity contribution < 1.29 is 18.7 Å². The van der Waals surface area contributed by atoms with Gasteiger partial charge in [0, 0.05) is 13.1 Å². The van der Waals surface area contributed by atoms with Crippen molar-refractivity contribution in [1.82, 2.24) is 4.90 Å². The number of piperidine rings is 1. The summed E-state index contributed by atoms with van der Waals surface area (Å²) in [7, 11) is 0. The molecule has 5 heteroatoms. The Morgan fingerprint density at radius 1 is 1.04 bits per heavy atom. The Kier molecular flexibility index (Phi) is 5.99. The molecule has 0 spiro atoms. The van der Waals surface area contributed by atoms with E-state index in [0.29, 0.717) is 32.4 Å². The fraction of sp³-hybridized carbons (Fsp3) is 0.381. The third kappa shape index (κ3) is 4.28. The highest BCUT2D eigenvalue weighted by molar-refractivity contribution is 5.94. The van der Waals surface area contributed by atoms with E-state index in [2.05, 4.69) is 0 Å². The Morgan fingerprint density at radius 2 is 1.65 bits per heavy atom. The van der Waals surface area contributed by atoms with Crippen LogP contribution in [0.4, 0.5) is 8.78 Å². The quantitative estimate of drug-likeness (QED) is 0.882. The van der Waals surface area contributed by atoms with Gasteiger partial charge in [0.05, 0.1) is 6.10 Å². The van der Waals surface area contributed by atoms with Crippen molar-refractivity contribution in [2.45, 2.75) is 31.8 Å². The van der Waals surface area contributed by atoms with Gasteiger partial charge in [0.1, 0.15) is 17.2 Å². The van der Waals surface area contributed by atoms with E-state index < -0.39 is 29.2 Å². The average Bonchev–Trinajstić information content (AvgIpc) is 2.67. The van der Waals surface area contributed by atoms with E-state index in [4.69, 9.17) is 0 Å². The first-order valence-electron chi connectivity index (χ1n) is 9.01. The number of aliphatic hydroxyl groups excluding tert-OH is 1. The van der Waals surface area contributed by atoms with Gasteiger partial charge in [0.15, 0.2) is 0 Å².